The maximum atomic E-state index is 14.8. The number of para-hydroxylation sites is 1. The standard InChI is InChI=1S/C81H121N21O20/c1-9-45(8)68(79(120)96-57(34-46-21-25-49(104)26-22-46)70(111)89-38-62(107)92-59(36-48-37-88-53-17-11-10-16-51(48)53)74(115)95-56(80(121)122)19-14-32-87-81(85)86)98-63(108)39-90-76(117)66(43(4)5)100-71(112)54(18-12-13-31-82)93-73(114)58(35-47-23-27-50(105)28-24-47)97-78(119)67(44(6)7)101-72(113)55(29-30-61(84)106)94-75(116)60-20-15-33-102(60)64(109)40-91-77(118)65(42(2)3)99-69(110)52(83)41-103/h10-11,16-17,21-28,37,42-45,52,54-60,65-68,88,103-105H,9,12-15,18-20,29-36,38-41,82-83H2,1-8H3,(H2,84,106)(H,89,111)(H,90,117)(H,91,118)(H,92,107)(H,93,114)(H,94,116)(H,95,115)(H,96,120)(H,97,119)(H,98,108)(H,99,110)(H,100,112)(H,101,113)(H,121,122)(H4,85,86,87)/t45-,52-,54-,55-,56-,57-,58-,59-,60-,65-,66-,67-,68-/m0/s1. The van der Waals surface area contributed by atoms with Crippen molar-refractivity contribution in [1.82, 2.24) is 84.3 Å². The highest BCUT2D eigenvalue weighted by molar-refractivity contribution is 6.00. The lowest BCUT2D eigenvalue weighted by molar-refractivity contribution is -0.142. The number of carboxylic acid groups (broad SMARTS) is 1. The van der Waals surface area contributed by atoms with Crippen LogP contribution in [0.15, 0.2) is 79.0 Å². The predicted octanol–water partition coefficient (Wildman–Crippen LogP) is -4.13. The molecular formula is C81H121N21O20. The number of nitrogens with two attached hydrogens (primary N) is 4. The van der Waals surface area contributed by atoms with Crippen molar-refractivity contribution in [2.24, 2.45) is 46.6 Å². The Morgan fingerprint density at radius 3 is 1.50 bits per heavy atom. The van der Waals surface area contributed by atoms with E-state index >= 15 is 0 Å². The number of hydrogen-bond donors (Lipinski definition) is 24. The van der Waals surface area contributed by atoms with Crippen molar-refractivity contribution in [1.29, 1.82) is 5.41 Å². The second kappa shape index (κ2) is 49.9. The number of carbonyl (C=O) groups excluding carboxylic acids is 15. The minimum atomic E-state index is -1.55. The van der Waals surface area contributed by atoms with Gasteiger partial charge in [0.2, 0.25) is 88.6 Å². The quantitative estimate of drug-likeness (QED) is 0.0113. The number of carbonyl (C=O) groups is 16. The molecule has 122 heavy (non-hydrogen) atoms. The summed E-state index contributed by atoms with van der Waals surface area (Å²) in [5.74, 6) is -17.5. The van der Waals surface area contributed by atoms with Gasteiger partial charge in [-0.3, -0.25) is 77.3 Å². The van der Waals surface area contributed by atoms with Crippen LogP contribution in [0.5, 0.6) is 11.5 Å². The average molecular weight is 1710 g/mol. The Balaban J connectivity index is 1.29. The van der Waals surface area contributed by atoms with Crippen molar-refractivity contribution in [2.45, 2.75) is 211 Å². The molecule has 41 nitrogen and oxygen atoms in total. The number of aromatic amines is 1. The minimum absolute atomic E-state index is 0.0653. The number of benzene rings is 3. The van der Waals surface area contributed by atoms with Crippen LogP contribution in [0.4, 0.5) is 0 Å². The van der Waals surface area contributed by atoms with Gasteiger partial charge in [-0.05, 0) is 129 Å². The van der Waals surface area contributed by atoms with Crippen LogP contribution in [0.2, 0.25) is 0 Å². The number of amides is 15. The molecule has 1 fully saturated rings. The Morgan fingerprint density at radius 1 is 0.508 bits per heavy atom. The van der Waals surface area contributed by atoms with E-state index in [1.165, 1.54) is 53.4 Å². The molecule has 0 aliphatic carbocycles. The van der Waals surface area contributed by atoms with Gasteiger partial charge in [0, 0.05) is 55.9 Å². The third-order valence-corrected chi connectivity index (χ3v) is 20.5. The highest BCUT2D eigenvalue weighted by atomic mass is 16.4. The van der Waals surface area contributed by atoms with Crippen LogP contribution >= 0.6 is 0 Å². The number of guanidine groups is 1. The van der Waals surface area contributed by atoms with Crippen LogP contribution in [0, 0.1) is 29.1 Å². The van der Waals surface area contributed by atoms with Crippen molar-refractivity contribution in [3.63, 3.8) is 0 Å². The Labute approximate surface area is 706 Å². The van der Waals surface area contributed by atoms with Crippen molar-refractivity contribution in [3.05, 3.63) is 95.7 Å². The Morgan fingerprint density at radius 2 is 0.975 bits per heavy atom. The zero-order chi connectivity index (χ0) is 90.6. The SMILES string of the molecule is CC[C@H](C)[C@H](NC(=O)CNC(=O)[C@@H](NC(=O)[C@H](CCCCN)NC(=O)[C@H](Cc1ccc(O)cc1)NC(=O)[C@@H](NC(=O)[C@H](CCC(N)=O)NC(=O)[C@@H]1CCCN1C(=O)CNC(=O)[C@@H](NC(=O)[C@@H](N)CO)C(C)C)C(C)C)C(C)C)C(=O)N[C@@H](Cc1ccc(O)cc1)C(=O)NCC(=O)N[C@@H](Cc1c[nH]c2ccccc12)C(=O)N[C@@H](CCCNC(=N)N)C(=O)O. The van der Waals surface area contributed by atoms with Crippen molar-refractivity contribution in [2.75, 3.05) is 45.9 Å². The first-order valence-corrected chi connectivity index (χ1v) is 40.7. The van der Waals surface area contributed by atoms with Gasteiger partial charge in [0.05, 0.1) is 26.2 Å². The van der Waals surface area contributed by atoms with Gasteiger partial charge in [-0.1, -0.05) is 104 Å². The molecule has 15 amide bonds. The van der Waals surface area contributed by atoms with Gasteiger partial charge in [-0.2, -0.15) is 0 Å². The van der Waals surface area contributed by atoms with E-state index in [0.717, 1.165) is 0 Å². The lowest BCUT2D eigenvalue weighted by Crippen LogP contribution is -2.61. The van der Waals surface area contributed by atoms with Crippen LogP contribution in [-0.2, 0) is 96.0 Å². The number of H-pyrrole nitrogens is 1. The zero-order valence-corrected chi connectivity index (χ0v) is 70.0. The second-order valence-corrected chi connectivity index (χ2v) is 31.2. The topological polar surface area (TPSA) is 669 Å². The molecule has 1 saturated heterocycles. The molecule has 1 aliphatic heterocycles. The molecule has 670 valence electrons. The molecule has 0 spiro atoms. The van der Waals surface area contributed by atoms with Crippen molar-refractivity contribution < 1.29 is 97.1 Å². The number of phenolic OH excluding ortho intramolecular Hbond substituents is 2. The summed E-state index contributed by atoms with van der Waals surface area (Å²) in [7, 11) is 0. The Hall–Kier alpha value is -12.5. The van der Waals surface area contributed by atoms with E-state index in [2.05, 4.69) is 79.4 Å². The number of unbranched alkanes of at least 4 members (excludes halogenated alkanes) is 1. The van der Waals surface area contributed by atoms with E-state index < -0.39 is 223 Å². The molecule has 4 aromatic rings. The number of nitrogens with one attached hydrogen (secondary N) is 16. The smallest absolute Gasteiger partial charge is 0.326 e. The van der Waals surface area contributed by atoms with Gasteiger partial charge in [-0.25, -0.2) is 4.79 Å². The van der Waals surface area contributed by atoms with Gasteiger partial charge >= 0.3 is 5.97 Å². The summed E-state index contributed by atoms with van der Waals surface area (Å²) in [5.41, 5.74) is 24.5. The molecule has 0 bridgehead atoms. The lowest BCUT2D eigenvalue weighted by Gasteiger charge is -2.30. The number of aliphatic hydroxyl groups is 1. The van der Waals surface area contributed by atoms with E-state index in [1.807, 2.05) is 0 Å². The summed E-state index contributed by atoms with van der Waals surface area (Å²) in [5, 5.41) is 83.8. The predicted molar refractivity (Wildman–Crippen MR) is 446 cm³/mol. The molecule has 13 atom stereocenters. The van der Waals surface area contributed by atoms with Crippen molar-refractivity contribution in [3.8, 4) is 11.5 Å². The second-order valence-electron chi connectivity index (χ2n) is 31.2. The number of likely N-dealkylation sites (tertiary alicyclic amines) is 1. The van der Waals surface area contributed by atoms with Crippen LogP contribution in [-0.4, -0.2) is 249 Å². The van der Waals surface area contributed by atoms with Gasteiger partial charge < -0.3 is 128 Å². The lowest BCUT2D eigenvalue weighted by atomic mass is 9.97. The number of aliphatic carboxylic acids is 1. The number of aromatic nitrogens is 1. The molecule has 1 aromatic heterocycles. The first kappa shape index (κ1) is 100. The monoisotopic (exact) mass is 1710 g/mol. The summed E-state index contributed by atoms with van der Waals surface area (Å²) in [6.07, 6.45) is 1.55. The molecular weight excluding hydrogens is 1590 g/mol. The van der Waals surface area contributed by atoms with Crippen LogP contribution in [0.3, 0.4) is 0 Å². The Bertz CT molecular complexity index is 4280. The number of hydrogen-bond acceptors (Lipinski definition) is 22. The van der Waals surface area contributed by atoms with Crippen LogP contribution < -0.4 is 97.4 Å². The summed E-state index contributed by atoms with van der Waals surface area (Å²) < 4.78 is 0. The van der Waals surface area contributed by atoms with Crippen molar-refractivity contribution >= 4 is 111 Å². The zero-order valence-electron chi connectivity index (χ0n) is 70.0. The number of nitrogens with zero attached hydrogens (tertiary/aromatic N) is 1. The fraction of sp³-hybridized carbons (Fsp3) is 0.543. The first-order valence-electron chi connectivity index (χ1n) is 40.7. The molecule has 0 radical (unpaired) electrons. The van der Waals surface area contributed by atoms with E-state index in [1.54, 1.807) is 85.9 Å². The largest absolute Gasteiger partial charge is 0.508 e. The summed E-state index contributed by atoms with van der Waals surface area (Å²) in [6, 6.07) is 1.66. The Kier molecular flexibility index (Phi) is 40.9. The fourth-order valence-electron chi connectivity index (χ4n) is 13.2. The summed E-state index contributed by atoms with van der Waals surface area (Å²) in [6.45, 7) is 10.5. The molecule has 41 heteroatoms. The highest BCUT2D eigenvalue weighted by Crippen LogP contribution is 2.23. The number of aromatic hydroxyl groups is 2. The third-order valence-electron chi connectivity index (χ3n) is 20.5. The first-order chi connectivity index (χ1) is 57.7. The molecule has 0 unspecified atom stereocenters. The summed E-state index contributed by atoms with van der Waals surface area (Å²) in [4.78, 5) is 225. The van der Waals surface area contributed by atoms with Crippen LogP contribution in [0.1, 0.15) is 136 Å². The molecule has 1 aliphatic rings. The van der Waals surface area contributed by atoms with E-state index in [-0.39, 0.29) is 101 Å². The van der Waals surface area contributed by atoms with Gasteiger partial charge in [-0.15, -0.1) is 0 Å². The average Bonchev–Trinajstić information content (AvgIpc) is 1.63. The molecule has 28 N–H and O–H groups in total. The number of aliphatic hydroxyl groups excluding tert-OH is 1. The minimum Gasteiger partial charge on any atom is -0.508 e. The highest BCUT2D eigenvalue weighted by Gasteiger charge is 2.40. The van der Waals surface area contributed by atoms with E-state index in [4.69, 9.17) is 28.3 Å². The number of fused-ring (bicyclic) bond motifs is 1. The van der Waals surface area contributed by atoms with Gasteiger partial charge in [0.15, 0.2) is 5.96 Å². The van der Waals surface area contributed by atoms with Gasteiger partial charge in [0.1, 0.15) is 84.0 Å². The number of rotatable bonds is 51. The molecule has 3 aromatic carbocycles. The number of primary amides is 1. The van der Waals surface area contributed by atoms with Gasteiger partial charge in [0.25, 0.3) is 0 Å². The van der Waals surface area contributed by atoms with E-state index in [0.29, 0.717) is 40.4 Å². The maximum absolute atomic E-state index is 14.8. The van der Waals surface area contributed by atoms with E-state index in [9.17, 15) is 97.1 Å². The molecule has 5 rings (SSSR count). The number of phenols is 2. The number of carboxylic acids is 1. The molecule has 2 heterocycles. The summed E-state index contributed by atoms with van der Waals surface area (Å²) >= 11 is 0. The third kappa shape index (κ3) is 32.5. The fourth-order valence-corrected chi connectivity index (χ4v) is 13.2. The van der Waals surface area contributed by atoms with Crippen LogP contribution in [0.25, 0.3) is 10.9 Å². The normalized spacial score (nSPS) is 15.4. The molecule has 0 saturated carbocycles. The maximum Gasteiger partial charge on any atom is 0.326 e.